The number of hydrogen-bond acceptors (Lipinski definition) is 3. The van der Waals surface area contributed by atoms with Crippen molar-refractivity contribution in [2.24, 2.45) is 0 Å². The van der Waals surface area contributed by atoms with Gasteiger partial charge in [-0.15, -0.1) is 0 Å². The SMILES string of the molecule is Cc1cccc(Nc2ccccc2C(=O)Nc2ccc(C(=O)/C=C/c3ccc(Cl)cc3)cc2)c1C. The number of carbonyl (C=O) groups is 2. The molecule has 4 aromatic rings. The first-order valence-electron chi connectivity index (χ1n) is 11.2. The van der Waals surface area contributed by atoms with Crippen LogP contribution < -0.4 is 10.6 Å². The molecule has 0 unspecified atom stereocenters. The van der Waals surface area contributed by atoms with Gasteiger partial charge in [-0.1, -0.05) is 54.1 Å². The van der Waals surface area contributed by atoms with Crippen molar-refractivity contribution < 1.29 is 9.59 Å². The normalized spacial score (nSPS) is 10.8. The highest BCUT2D eigenvalue weighted by Gasteiger charge is 2.13. The summed E-state index contributed by atoms with van der Waals surface area (Å²) in [7, 11) is 0. The van der Waals surface area contributed by atoms with Gasteiger partial charge in [-0.25, -0.2) is 0 Å². The van der Waals surface area contributed by atoms with Crippen LogP contribution in [0, 0.1) is 13.8 Å². The Morgan fingerprint density at radius 1 is 0.771 bits per heavy atom. The molecule has 0 saturated carbocycles. The first kappa shape index (κ1) is 24.0. The van der Waals surface area contributed by atoms with Gasteiger partial charge >= 0.3 is 0 Å². The van der Waals surface area contributed by atoms with E-state index in [0.717, 1.165) is 22.5 Å². The van der Waals surface area contributed by atoms with Crippen LogP contribution >= 0.6 is 11.6 Å². The van der Waals surface area contributed by atoms with Crippen LogP contribution in [0.5, 0.6) is 0 Å². The number of para-hydroxylation sites is 1. The number of rotatable bonds is 7. The molecule has 0 aromatic heterocycles. The van der Waals surface area contributed by atoms with E-state index in [-0.39, 0.29) is 11.7 Å². The van der Waals surface area contributed by atoms with E-state index in [0.29, 0.717) is 21.8 Å². The van der Waals surface area contributed by atoms with Crippen molar-refractivity contribution in [3.8, 4) is 0 Å². The van der Waals surface area contributed by atoms with Gasteiger partial charge in [0.2, 0.25) is 0 Å². The Balaban J connectivity index is 1.45. The van der Waals surface area contributed by atoms with Crippen molar-refractivity contribution in [2.75, 3.05) is 10.6 Å². The third-order valence-electron chi connectivity index (χ3n) is 5.77. The zero-order valence-corrected chi connectivity index (χ0v) is 20.3. The van der Waals surface area contributed by atoms with Crippen molar-refractivity contribution in [3.63, 3.8) is 0 Å². The molecule has 0 aliphatic rings. The monoisotopic (exact) mass is 480 g/mol. The van der Waals surface area contributed by atoms with Crippen molar-refractivity contribution >= 4 is 46.4 Å². The molecule has 5 heteroatoms. The van der Waals surface area contributed by atoms with Gasteiger partial charge in [0.25, 0.3) is 5.91 Å². The number of anilines is 3. The maximum atomic E-state index is 13.0. The molecule has 0 saturated heterocycles. The summed E-state index contributed by atoms with van der Waals surface area (Å²) in [6.07, 6.45) is 3.26. The maximum absolute atomic E-state index is 13.0. The summed E-state index contributed by atoms with van der Waals surface area (Å²) in [4.78, 5) is 25.5. The Hall–Kier alpha value is -4.15. The highest BCUT2D eigenvalue weighted by Crippen LogP contribution is 2.26. The average molecular weight is 481 g/mol. The molecule has 0 bridgehead atoms. The molecule has 4 aromatic carbocycles. The second kappa shape index (κ2) is 10.9. The van der Waals surface area contributed by atoms with Crippen LogP contribution in [0.25, 0.3) is 6.08 Å². The van der Waals surface area contributed by atoms with E-state index in [1.807, 2.05) is 49.4 Å². The molecule has 0 aliphatic heterocycles. The lowest BCUT2D eigenvalue weighted by Gasteiger charge is -2.15. The standard InChI is InChI=1S/C30H25ClN2O2/c1-20-6-5-9-27(21(20)2)33-28-8-4-3-7-26(28)30(35)32-25-17-13-23(14-18-25)29(34)19-12-22-10-15-24(31)16-11-22/h3-19,33H,1-2H3,(H,32,35)/b19-12+. The van der Waals surface area contributed by atoms with Crippen LogP contribution in [0.3, 0.4) is 0 Å². The summed E-state index contributed by atoms with van der Waals surface area (Å²) in [5.74, 6) is -0.360. The van der Waals surface area contributed by atoms with Crippen LogP contribution in [-0.4, -0.2) is 11.7 Å². The van der Waals surface area contributed by atoms with Gasteiger partial charge in [0, 0.05) is 22.0 Å². The van der Waals surface area contributed by atoms with Crippen molar-refractivity contribution in [1.82, 2.24) is 0 Å². The van der Waals surface area contributed by atoms with E-state index in [2.05, 4.69) is 23.6 Å². The van der Waals surface area contributed by atoms with E-state index in [9.17, 15) is 9.59 Å². The number of benzene rings is 4. The Labute approximate surface area is 210 Å². The summed E-state index contributed by atoms with van der Waals surface area (Å²) >= 11 is 5.89. The lowest BCUT2D eigenvalue weighted by Crippen LogP contribution is -2.14. The van der Waals surface area contributed by atoms with Crippen molar-refractivity contribution in [2.45, 2.75) is 13.8 Å². The van der Waals surface area contributed by atoms with Gasteiger partial charge in [-0.2, -0.15) is 0 Å². The minimum Gasteiger partial charge on any atom is -0.355 e. The highest BCUT2D eigenvalue weighted by atomic mass is 35.5. The zero-order chi connectivity index (χ0) is 24.8. The first-order chi connectivity index (χ1) is 16.9. The molecule has 0 aliphatic carbocycles. The number of halogens is 1. The molecular formula is C30H25ClN2O2. The molecular weight excluding hydrogens is 456 g/mol. The summed E-state index contributed by atoms with van der Waals surface area (Å²) in [6.45, 7) is 4.11. The fourth-order valence-corrected chi connectivity index (χ4v) is 3.71. The van der Waals surface area contributed by atoms with E-state index in [4.69, 9.17) is 11.6 Å². The Morgan fingerprint density at radius 2 is 1.46 bits per heavy atom. The number of carbonyl (C=O) groups excluding carboxylic acids is 2. The Bertz CT molecular complexity index is 1390. The van der Waals surface area contributed by atoms with Crippen LogP contribution in [0.4, 0.5) is 17.1 Å². The zero-order valence-electron chi connectivity index (χ0n) is 19.5. The molecule has 35 heavy (non-hydrogen) atoms. The van der Waals surface area contributed by atoms with Crippen LogP contribution in [0.15, 0.2) is 97.1 Å². The predicted molar refractivity (Wildman–Crippen MR) is 145 cm³/mol. The van der Waals surface area contributed by atoms with Crippen LogP contribution in [-0.2, 0) is 0 Å². The summed E-state index contributed by atoms with van der Waals surface area (Å²) in [5.41, 5.74) is 6.54. The molecule has 4 rings (SSSR count). The number of aryl methyl sites for hydroxylation is 1. The number of allylic oxidation sites excluding steroid dienone is 1. The fraction of sp³-hybridized carbons (Fsp3) is 0.0667. The molecule has 2 N–H and O–H groups in total. The van der Waals surface area contributed by atoms with Gasteiger partial charge in [-0.05, 0) is 91.2 Å². The molecule has 0 spiro atoms. The summed E-state index contributed by atoms with van der Waals surface area (Å²) in [6, 6.07) is 27.5. The quantitative estimate of drug-likeness (QED) is 0.209. The smallest absolute Gasteiger partial charge is 0.257 e. The second-order valence-corrected chi connectivity index (χ2v) is 8.64. The van der Waals surface area contributed by atoms with Crippen molar-refractivity contribution in [3.05, 3.63) is 130 Å². The number of ketones is 1. The molecule has 174 valence electrons. The molecule has 1 amide bonds. The van der Waals surface area contributed by atoms with Gasteiger partial charge in [0.15, 0.2) is 5.78 Å². The minimum absolute atomic E-state index is 0.124. The molecule has 0 radical (unpaired) electrons. The number of hydrogen-bond donors (Lipinski definition) is 2. The molecule has 0 heterocycles. The van der Waals surface area contributed by atoms with Gasteiger partial charge in [-0.3, -0.25) is 9.59 Å². The molecule has 0 fully saturated rings. The molecule has 0 atom stereocenters. The third-order valence-corrected chi connectivity index (χ3v) is 6.02. The number of amides is 1. The van der Waals surface area contributed by atoms with Gasteiger partial charge in [0.05, 0.1) is 11.3 Å². The lowest BCUT2D eigenvalue weighted by atomic mass is 10.1. The van der Waals surface area contributed by atoms with Crippen molar-refractivity contribution in [1.29, 1.82) is 0 Å². The van der Waals surface area contributed by atoms with E-state index in [1.54, 1.807) is 48.5 Å². The fourth-order valence-electron chi connectivity index (χ4n) is 3.58. The first-order valence-corrected chi connectivity index (χ1v) is 11.6. The Kier molecular flexibility index (Phi) is 7.44. The topological polar surface area (TPSA) is 58.2 Å². The lowest BCUT2D eigenvalue weighted by molar-refractivity contribution is 0.102. The van der Waals surface area contributed by atoms with E-state index < -0.39 is 0 Å². The highest BCUT2D eigenvalue weighted by molar-refractivity contribution is 6.30. The van der Waals surface area contributed by atoms with Crippen LogP contribution in [0.1, 0.15) is 37.4 Å². The maximum Gasteiger partial charge on any atom is 0.257 e. The van der Waals surface area contributed by atoms with Gasteiger partial charge in [0.1, 0.15) is 0 Å². The van der Waals surface area contributed by atoms with Crippen LogP contribution in [0.2, 0.25) is 5.02 Å². The predicted octanol–water partition coefficient (Wildman–Crippen LogP) is 7.85. The van der Waals surface area contributed by atoms with E-state index >= 15 is 0 Å². The summed E-state index contributed by atoms with van der Waals surface area (Å²) in [5, 5.41) is 6.95. The summed E-state index contributed by atoms with van der Waals surface area (Å²) < 4.78 is 0. The second-order valence-electron chi connectivity index (χ2n) is 8.20. The Morgan fingerprint density at radius 3 is 2.20 bits per heavy atom. The third kappa shape index (κ3) is 6.05. The number of nitrogens with one attached hydrogen (secondary N) is 2. The minimum atomic E-state index is -0.236. The van der Waals surface area contributed by atoms with Gasteiger partial charge < -0.3 is 10.6 Å². The molecule has 4 nitrogen and oxygen atoms in total. The largest absolute Gasteiger partial charge is 0.355 e. The average Bonchev–Trinajstić information content (AvgIpc) is 2.87. The van der Waals surface area contributed by atoms with E-state index in [1.165, 1.54) is 11.6 Å².